The highest BCUT2D eigenvalue weighted by atomic mass is 35.5. The number of alkyl halides is 1. The quantitative estimate of drug-likeness (QED) is 0.502. The van der Waals surface area contributed by atoms with Gasteiger partial charge in [-0.15, -0.1) is 11.6 Å². The highest BCUT2D eigenvalue weighted by Crippen LogP contribution is 2.04. The summed E-state index contributed by atoms with van der Waals surface area (Å²) in [7, 11) is -3.23. The average Bonchev–Trinajstić information content (AvgIpc) is 2.16. The number of aliphatic hydroxyl groups is 1. The lowest BCUT2D eigenvalue weighted by Gasteiger charge is -2.19. The van der Waals surface area contributed by atoms with Gasteiger partial charge in [0, 0.05) is 18.5 Å². The van der Waals surface area contributed by atoms with Crippen molar-refractivity contribution in [1.82, 2.24) is 4.72 Å². The van der Waals surface area contributed by atoms with Gasteiger partial charge in [-0.05, 0) is 25.7 Å². The van der Waals surface area contributed by atoms with Gasteiger partial charge in [0.1, 0.15) is 0 Å². The zero-order valence-corrected chi connectivity index (χ0v) is 10.8. The van der Waals surface area contributed by atoms with Crippen LogP contribution in [0, 0.1) is 5.92 Å². The molecule has 0 aliphatic rings. The number of hydrogen-bond donors (Lipinski definition) is 2. The molecular formula is C9H20ClNO3S. The van der Waals surface area contributed by atoms with Crippen molar-refractivity contribution in [3.8, 4) is 0 Å². The van der Waals surface area contributed by atoms with Crippen LogP contribution in [0.4, 0.5) is 0 Å². The van der Waals surface area contributed by atoms with E-state index in [4.69, 9.17) is 16.7 Å². The lowest BCUT2D eigenvalue weighted by Crippen LogP contribution is -2.39. The van der Waals surface area contributed by atoms with E-state index in [1.165, 1.54) is 0 Å². The van der Waals surface area contributed by atoms with Crippen LogP contribution in [0.25, 0.3) is 0 Å². The fourth-order valence-electron chi connectivity index (χ4n) is 1.00. The van der Waals surface area contributed by atoms with E-state index in [0.29, 0.717) is 18.7 Å². The van der Waals surface area contributed by atoms with Crippen molar-refractivity contribution in [3.05, 3.63) is 0 Å². The van der Waals surface area contributed by atoms with Crippen molar-refractivity contribution in [2.75, 3.05) is 18.2 Å². The monoisotopic (exact) mass is 257 g/mol. The summed E-state index contributed by atoms with van der Waals surface area (Å²) in [6.45, 7) is 3.53. The molecule has 6 heteroatoms. The van der Waals surface area contributed by atoms with E-state index in [1.54, 1.807) is 13.8 Å². The molecule has 0 aliphatic heterocycles. The fraction of sp³-hybridized carbons (Fsp3) is 1.00. The molecule has 0 rings (SSSR count). The van der Waals surface area contributed by atoms with E-state index >= 15 is 0 Å². The first-order valence-electron chi connectivity index (χ1n) is 5.09. The predicted molar refractivity (Wildman–Crippen MR) is 62.6 cm³/mol. The van der Waals surface area contributed by atoms with Crippen LogP contribution in [-0.4, -0.2) is 37.8 Å². The Labute approximate surface area is 97.1 Å². The van der Waals surface area contributed by atoms with Gasteiger partial charge in [-0.2, -0.15) is 0 Å². The average molecular weight is 258 g/mol. The minimum Gasteiger partial charge on any atom is -0.396 e. The summed E-state index contributed by atoms with van der Waals surface area (Å²) in [5.74, 6) is 0.508. The van der Waals surface area contributed by atoms with Crippen molar-refractivity contribution >= 4 is 21.6 Å². The van der Waals surface area contributed by atoms with Crippen molar-refractivity contribution in [2.24, 2.45) is 5.92 Å². The molecule has 0 bridgehead atoms. The van der Waals surface area contributed by atoms with E-state index in [-0.39, 0.29) is 24.3 Å². The highest BCUT2D eigenvalue weighted by Gasteiger charge is 2.18. The van der Waals surface area contributed by atoms with Crippen LogP contribution in [0.15, 0.2) is 0 Å². The van der Waals surface area contributed by atoms with Crippen molar-refractivity contribution < 1.29 is 13.5 Å². The molecule has 0 heterocycles. The topological polar surface area (TPSA) is 66.4 Å². The van der Waals surface area contributed by atoms with Gasteiger partial charge < -0.3 is 5.11 Å². The lowest BCUT2D eigenvalue weighted by atomic mass is 10.1. The number of unbranched alkanes of at least 4 members (excludes halogenated alkanes) is 1. The van der Waals surface area contributed by atoms with Crippen molar-refractivity contribution in [1.29, 1.82) is 0 Å². The fourth-order valence-corrected chi connectivity index (χ4v) is 2.69. The molecule has 0 aromatic rings. The number of aliphatic hydroxyl groups excluding tert-OH is 1. The second kappa shape index (κ2) is 7.44. The second-order valence-electron chi connectivity index (χ2n) is 3.78. The van der Waals surface area contributed by atoms with Gasteiger partial charge in [-0.1, -0.05) is 6.92 Å². The zero-order chi connectivity index (χ0) is 11.9. The number of rotatable bonds is 8. The van der Waals surface area contributed by atoms with E-state index < -0.39 is 10.0 Å². The Kier molecular flexibility index (Phi) is 7.52. The Bertz CT molecular complexity index is 256. The number of halogens is 1. The Morgan fingerprint density at radius 1 is 1.33 bits per heavy atom. The molecule has 0 radical (unpaired) electrons. The van der Waals surface area contributed by atoms with E-state index in [1.807, 2.05) is 0 Å². The van der Waals surface area contributed by atoms with Crippen molar-refractivity contribution in [2.45, 2.75) is 32.7 Å². The highest BCUT2D eigenvalue weighted by molar-refractivity contribution is 7.89. The van der Waals surface area contributed by atoms with Gasteiger partial charge in [0.15, 0.2) is 0 Å². The third-order valence-corrected chi connectivity index (χ3v) is 4.13. The molecule has 2 atom stereocenters. The minimum atomic E-state index is -3.23. The van der Waals surface area contributed by atoms with Gasteiger partial charge in [0.05, 0.1) is 5.75 Å². The van der Waals surface area contributed by atoms with Gasteiger partial charge in [0.25, 0.3) is 0 Å². The maximum Gasteiger partial charge on any atom is 0.211 e. The van der Waals surface area contributed by atoms with Gasteiger partial charge in [0.2, 0.25) is 10.0 Å². The smallest absolute Gasteiger partial charge is 0.211 e. The summed E-state index contributed by atoms with van der Waals surface area (Å²) >= 11 is 5.46. The van der Waals surface area contributed by atoms with Gasteiger partial charge in [-0.25, -0.2) is 13.1 Å². The number of nitrogens with one attached hydrogen (secondary N) is 1. The molecule has 92 valence electrons. The molecule has 0 spiro atoms. The molecule has 0 aromatic carbocycles. The van der Waals surface area contributed by atoms with Crippen LogP contribution < -0.4 is 4.72 Å². The molecule has 0 aromatic heterocycles. The van der Waals surface area contributed by atoms with Gasteiger partial charge in [-0.3, -0.25) is 0 Å². The first kappa shape index (κ1) is 15.2. The SMILES string of the molecule is CC(CO)C(C)NS(=O)(=O)CCCCCl. The van der Waals surface area contributed by atoms with Crippen LogP contribution in [-0.2, 0) is 10.0 Å². The molecule has 2 N–H and O–H groups in total. The summed E-state index contributed by atoms with van der Waals surface area (Å²) in [4.78, 5) is 0. The van der Waals surface area contributed by atoms with Crippen molar-refractivity contribution in [3.63, 3.8) is 0 Å². The van der Waals surface area contributed by atoms with Crippen LogP contribution in [0.5, 0.6) is 0 Å². The summed E-state index contributed by atoms with van der Waals surface area (Å²) in [6.07, 6.45) is 1.27. The van der Waals surface area contributed by atoms with Crippen LogP contribution in [0.2, 0.25) is 0 Å². The van der Waals surface area contributed by atoms with E-state index in [9.17, 15) is 8.42 Å². The predicted octanol–water partition coefficient (Wildman–Crippen LogP) is 0.942. The Balaban J connectivity index is 4.02. The maximum absolute atomic E-state index is 11.5. The molecular weight excluding hydrogens is 238 g/mol. The first-order chi connectivity index (χ1) is 6.93. The summed E-state index contributed by atoms with van der Waals surface area (Å²) in [5.41, 5.74) is 0. The molecule has 0 saturated carbocycles. The second-order valence-corrected chi connectivity index (χ2v) is 6.03. The Hall–Kier alpha value is 0.160. The summed E-state index contributed by atoms with van der Waals surface area (Å²) < 4.78 is 25.5. The molecule has 4 nitrogen and oxygen atoms in total. The molecule has 0 fully saturated rings. The van der Waals surface area contributed by atoms with E-state index in [0.717, 1.165) is 0 Å². The molecule has 15 heavy (non-hydrogen) atoms. The Morgan fingerprint density at radius 2 is 1.93 bits per heavy atom. The van der Waals surface area contributed by atoms with Gasteiger partial charge >= 0.3 is 0 Å². The zero-order valence-electron chi connectivity index (χ0n) is 9.24. The Morgan fingerprint density at radius 3 is 2.40 bits per heavy atom. The van der Waals surface area contributed by atoms with Crippen LogP contribution in [0.3, 0.4) is 0 Å². The lowest BCUT2D eigenvalue weighted by molar-refractivity contribution is 0.216. The van der Waals surface area contributed by atoms with Crippen LogP contribution in [0.1, 0.15) is 26.7 Å². The normalized spacial score (nSPS) is 16.3. The first-order valence-corrected chi connectivity index (χ1v) is 7.28. The summed E-state index contributed by atoms with van der Waals surface area (Å²) in [5, 5.41) is 8.86. The molecule has 0 saturated heterocycles. The van der Waals surface area contributed by atoms with E-state index in [2.05, 4.69) is 4.72 Å². The molecule has 0 aliphatic carbocycles. The summed E-state index contributed by atoms with van der Waals surface area (Å²) in [6, 6.07) is -0.240. The maximum atomic E-state index is 11.5. The number of sulfonamides is 1. The third-order valence-electron chi connectivity index (χ3n) is 2.30. The molecule has 2 unspecified atom stereocenters. The third kappa shape index (κ3) is 7.11. The standard InChI is InChI=1S/C9H20ClNO3S/c1-8(7-12)9(2)11-15(13,14)6-4-3-5-10/h8-9,11-12H,3-7H2,1-2H3. The van der Waals surface area contributed by atoms with Crippen LogP contribution >= 0.6 is 11.6 Å². The number of hydrogen-bond acceptors (Lipinski definition) is 3. The minimum absolute atomic E-state index is 0.0225. The molecule has 0 amide bonds. The largest absolute Gasteiger partial charge is 0.396 e.